The molecule has 0 saturated carbocycles. The standard InChI is InChI=1S/C28H34N2O4S/c1-3-30(4-2)35(32,33)27-16-13-23(14-17-27)15-18-28(31)29-20-25-11-8-12-26(19-25)22-34-21-24-9-6-5-7-10-24/h5-14,16-17,19H,3-4,15,18,20-22H2,1-2H3,(H,29,31). The van der Waals surface area contributed by atoms with Gasteiger partial charge in [0.15, 0.2) is 0 Å². The molecule has 1 amide bonds. The van der Waals surface area contributed by atoms with Crippen molar-refractivity contribution in [3.8, 4) is 0 Å². The minimum Gasteiger partial charge on any atom is -0.372 e. The van der Waals surface area contributed by atoms with Crippen LogP contribution in [0.1, 0.15) is 42.5 Å². The van der Waals surface area contributed by atoms with Gasteiger partial charge in [0, 0.05) is 26.1 Å². The Morgan fingerprint density at radius 1 is 0.800 bits per heavy atom. The van der Waals surface area contributed by atoms with E-state index in [1.165, 1.54) is 4.31 Å². The van der Waals surface area contributed by atoms with Gasteiger partial charge >= 0.3 is 0 Å². The number of carbonyl (C=O) groups excluding carboxylic acids is 1. The number of hydrogen-bond donors (Lipinski definition) is 1. The monoisotopic (exact) mass is 494 g/mol. The molecular weight excluding hydrogens is 460 g/mol. The average Bonchev–Trinajstić information content (AvgIpc) is 2.88. The molecule has 0 aliphatic rings. The third-order valence-corrected chi connectivity index (χ3v) is 7.83. The minimum atomic E-state index is -3.47. The first-order chi connectivity index (χ1) is 16.9. The second kappa shape index (κ2) is 13.2. The summed E-state index contributed by atoms with van der Waals surface area (Å²) in [6.07, 6.45) is 0.882. The topological polar surface area (TPSA) is 75.7 Å². The fraction of sp³-hybridized carbons (Fsp3) is 0.321. The van der Waals surface area contributed by atoms with Crippen molar-refractivity contribution in [2.75, 3.05) is 13.1 Å². The third kappa shape index (κ3) is 8.02. The first-order valence-corrected chi connectivity index (χ1v) is 13.4. The quantitative estimate of drug-likeness (QED) is 0.374. The highest BCUT2D eigenvalue weighted by molar-refractivity contribution is 7.89. The molecular formula is C28H34N2O4S. The van der Waals surface area contributed by atoms with Gasteiger partial charge < -0.3 is 10.1 Å². The van der Waals surface area contributed by atoms with Crippen LogP contribution in [0.25, 0.3) is 0 Å². The Bertz CT molecular complexity index is 1180. The molecule has 3 aromatic rings. The molecule has 0 bridgehead atoms. The number of carbonyl (C=O) groups is 1. The predicted octanol–water partition coefficient (Wildman–Crippen LogP) is 4.68. The van der Waals surface area contributed by atoms with Crippen molar-refractivity contribution in [1.29, 1.82) is 0 Å². The maximum atomic E-state index is 12.6. The lowest BCUT2D eigenvalue weighted by atomic mass is 10.1. The molecule has 6 nitrogen and oxygen atoms in total. The normalized spacial score (nSPS) is 11.5. The molecule has 3 rings (SSSR count). The van der Waals surface area contributed by atoms with Gasteiger partial charge in [-0.2, -0.15) is 4.31 Å². The summed E-state index contributed by atoms with van der Waals surface area (Å²) in [5.74, 6) is -0.0458. The Morgan fingerprint density at radius 2 is 1.43 bits per heavy atom. The van der Waals surface area contributed by atoms with Crippen LogP contribution in [0.4, 0.5) is 0 Å². The van der Waals surface area contributed by atoms with E-state index < -0.39 is 10.0 Å². The van der Waals surface area contributed by atoms with E-state index in [2.05, 4.69) is 5.32 Å². The number of benzene rings is 3. The summed E-state index contributed by atoms with van der Waals surface area (Å²) >= 11 is 0. The molecule has 0 heterocycles. The summed E-state index contributed by atoms with van der Waals surface area (Å²) in [7, 11) is -3.47. The molecule has 0 unspecified atom stereocenters. The van der Waals surface area contributed by atoms with E-state index in [0.717, 1.165) is 22.3 Å². The number of amides is 1. The van der Waals surface area contributed by atoms with Crippen LogP contribution in [0.5, 0.6) is 0 Å². The second-order valence-electron chi connectivity index (χ2n) is 8.31. The maximum Gasteiger partial charge on any atom is 0.243 e. The Morgan fingerprint density at radius 3 is 2.11 bits per heavy atom. The Balaban J connectivity index is 1.44. The highest BCUT2D eigenvalue weighted by Crippen LogP contribution is 2.17. The van der Waals surface area contributed by atoms with Crippen LogP contribution in [0.3, 0.4) is 0 Å². The summed E-state index contributed by atoms with van der Waals surface area (Å²) in [5.41, 5.74) is 4.14. The van der Waals surface area contributed by atoms with Crippen LogP contribution >= 0.6 is 0 Å². The number of aryl methyl sites for hydroxylation is 1. The van der Waals surface area contributed by atoms with Crippen molar-refractivity contribution in [2.24, 2.45) is 0 Å². The fourth-order valence-electron chi connectivity index (χ4n) is 3.78. The van der Waals surface area contributed by atoms with E-state index in [4.69, 9.17) is 4.74 Å². The molecule has 0 aliphatic heterocycles. The number of ether oxygens (including phenoxy) is 1. The van der Waals surface area contributed by atoms with Crippen molar-refractivity contribution in [3.63, 3.8) is 0 Å². The van der Waals surface area contributed by atoms with Crippen LogP contribution in [-0.2, 0) is 45.7 Å². The van der Waals surface area contributed by atoms with Gasteiger partial charge in [0.1, 0.15) is 0 Å². The van der Waals surface area contributed by atoms with Crippen molar-refractivity contribution < 1.29 is 17.9 Å². The van der Waals surface area contributed by atoms with Gasteiger partial charge in [-0.3, -0.25) is 4.79 Å². The molecule has 0 atom stereocenters. The van der Waals surface area contributed by atoms with Gasteiger partial charge in [0.2, 0.25) is 15.9 Å². The number of hydrogen-bond acceptors (Lipinski definition) is 4. The number of nitrogens with zero attached hydrogens (tertiary/aromatic N) is 1. The lowest BCUT2D eigenvalue weighted by molar-refractivity contribution is -0.121. The summed E-state index contributed by atoms with van der Waals surface area (Å²) in [5, 5.41) is 2.96. The van der Waals surface area contributed by atoms with E-state index >= 15 is 0 Å². The molecule has 0 saturated heterocycles. The Kier molecular flexibility index (Phi) is 10.0. The van der Waals surface area contributed by atoms with Gasteiger partial charge in [-0.1, -0.05) is 80.6 Å². The van der Waals surface area contributed by atoms with Crippen molar-refractivity contribution >= 4 is 15.9 Å². The number of rotatable bonds is 13. The van der Waals surface area contributed by atoms with Gasteiger partial charge in [-0.25, -0.2) is 8.42 Å². The van der Waals surface area contributed by atoms with Crippen LogP contribution in [0.15, 0.2) is 83.8 Å². The van der Waals surface area contributed by atoms with E-state index in [0.29, 0.717) is 45.7 Å². The average molecular weight is 495 g/mol. The Labute approximate surface area is 209 Å². The van der Waals surface area contributed by atoms with E-state index in [-0.39, 0.29) is 10.8 Å². The molecule has 3 aromatic carbocycles. The van der Waals surface area contributed by atoms with Crippen LogP contribution in [0.2, 0.25) is 0 Å². The zero-order chi connectivity index (χ0) is 25.1. The summed E-state index contributed by atoms with van der Waals surface area (Å²) in [4.78, 5) is 12.6. The molecule has 1 N–H and O–H groups in total. The molecule has 186 valence electrons. The van der Waals surface area contributed by atoms with Crippen LogP contribution in [0, 0.1) is 0 Å². The predicted molar refractivity (Wildman–Crippen MR) is 138 cm³/mol. The highest BCUT2D eigenvalue weighted by atomic mass is 32.2. The summed E-state index contributed by atoms with van der Waals surface area (Å²) in [6.45, 7) is 6.04. The molecule has 7 heteroatoms. The fourth-order valence-corrected chi connectivity index (χ4v) is 5.24. The molecule has 0 aromatic heterocycles. The molecule has 35 heavy (non-hydrogen) atoms. The maximum absolute atomic E-state index is 12.6. The zero-order valence-electron chi connectivity index (χ0n) is 20.4. The minimum absolute atomic E-state index is 0.0458. The van der Waals surface area contributed by atoms with Crippen LogP contribution in [-0.4, -0.2) is 31.7 Å². The first-order valence-electron chi connectivity index (χ1n) is 12.0. The SMILES string of the molecule is CCN(CC)S(=O)(=O)c1ccc(CCC(=O)NCc2cccc(COCc3ccccc3)c2)cc1. The van der Waals surface area contributed by atoms with E-state index in [1.54, 1.807) is 24.3 Å². The van der Waals surface area contributed by atoms with Crippen LogP contribution < -0.4 is 5.32 Å². The van der Waals surface area contributed by atoms with Gasteiger partial charge in [-0.05, 0) is 40.8 Å². The van der Waals surface area contributed by atoms with Gasteiger partial charge in [0.05, 0.1) is 18.1 Å². The number of sulfonamides is 1. The largest absolute Gasteiger partial charge is 0.372 e. The van der Waals surface area contributed by atoms with Crippen molar-refractivity contribution in [3.05, 3.63) is 101 Å². The highest BCUT2D eigenvalue weighted by Gasteiger charge is 2.21. The third-order valence-electron chi connectivity index (χ3n) is 5.77. The van der Waals surface area contributed by atoms with E-state index in [1.807, 2.05) is 68.4 Å². The van der Waals surface area contributed by atoms with E-state index in [9.17, 15) is 13.2 Å². The lowest BCUT2D eigenvalue weighted by Crippen LogP contribution is -2.30. The van der Waals surface area contributed by atoms with Crippen molar-refractivity contribution in [2.45, 2.75) is 51.3 Å². The molecule has 0 spiro atoms. The Hall–Kier alpha value is -3.00. The first kappa shape index (κ1) is 26.6. The van der Waals surface area contributed by atoms with Crippen molar-refractivity contribution in [1.82, 2.24) is 9.62 Å². The molecule has 0 aliphatic carbocycles. The molecule has 0 fully saturated rings. The zero-order valence-corrected chi connectivity index (χ0v) is 21.3. The number of nitrogens with one attached hydrogen (secondary N) is 1. The summed E-state index contributed by atoms with van der Waals surface area (Å²) in [6, 6.07) is 24.8. The smallest absolute Gasteiger partial charge is 0.243 e. The lowest BCUT2D eigenvalue weighted by Gasteiger charge is -2.18. The summed E-state index contributed by atoms with van der Waals surface area (Å²) < 4.78 is 32.4. The van der Waals surface area contributed by atoms with Gasteiger partial charge in [-0.15, -0.1) is 0 Å². The molecule has 0 radical (unpaired) electrons. The second-order valence-corrected chi connectivity index (χ2v) is 10.2. The van der Waals surface area contributed by atoms with Gasteiger partial charge in [0.25, 0.3) is 0 Å².